The second kappa shape index (κ2) is 4.83. The topological polar surface area (TPSA) is 0 Å². The lowest BCUT2D eigenvalue weighted by molar-refractivity contribution is 0.484. The molecule has 1 aliphatic heterocycles. The minimum atomic E-state index is 0.313. The molecule has 0 radical (unpaired) electrons. The molecule has 0 bridgehead atoms. The second-order valence-corrected chi connectivity index (χ2v) is 9.57. The van der Waals surface area contributed by atoms with Gasteiger partial charge in [0.05, 0.1) is 0 Å². The van der Waals surface area contributed by atoms with Crippen LogP contribution in [0.5, 0.6) is 0 Å². The van der Waals surface area contributed by atoms with Gasteiger partial charge in [0.1, 0.15) is 0 Å². The van der Waals surface area contributed by atoms with Crippen molar-refractivity contribution in [3.05, 3.63) is 0 Å². The molecule has 1 heterocycles. The first-order chi connectivity index (χ1) is 6.70. The van der Waals surface area contributed by atoms with Crippen LogP contribution in [0.15, 0.2) is 0 Å². The zero-order valence-corrected chi connectivity index (χ0v) is 11.9. The van der Waals surface area contributed by atoms with Crippen LogP contribution in [0.4, 0.5) is 0 Å². The fraction of sp³-hybridized carbons (Fsp3) is 1.00. The van der Waals surface area contributed by atoms with Gasteiger partial charge in [-0.05, 0) is 36.5 Å². The lowest BCUT2D eigenvalue weighted by Gasteiger charge is -2.30. The van der Waals surface area contributed by atoms with Gasteiger partial charge in [-0.15, -0.1) is 0 Å². The third kappa shape index (κ3) is 2.19. The number of hydrogen-bond acceptors (Lipinski definition) is 0. The van der Waals surface area contributed by atoms with Gasteiger partial charge in [0.15, 0.2) is 0 Å². The summed E-state index contributed by atoms with van der Waals surface area (Å²) in [6, 6.07) is 0. The third-order valence-electron chi connectivity index (χ3n) is 4.19. The summed E-state index contributed by atoms with van der Waals surface area (Å²) < 4.78 is 0.871. The van der Waals surface area contributed by atoms with Gasteiger partial charge in [-0.2, -0.15) is 0 Å². The summed E-state index contributed by atoms with van der Waals surface area (Å²) >= 11 is 3.97. The highest BCUT2D eigenvalue weighted by Crippen LogP contribution is 2.63. The van der Waals surface area contributed by atoms with Crippen molar-refractivity contribution in [2.75, 3.05) is 6.16 Å². The van der Waals surface area contributed by atoms with Crippen LogP contribution in [0.1, 0.15) is 46.0 Å². The lowest BCUT2D eigenvalue weighted by Crippen LogP contribution is -2.14. The quantitative estimate of drug-likeness (QED) is 0.476. The molecule has 0 nitrogen and oxygen atoms in total. The van der Waals surface area contributed by atoms with Gasteiger partial charge in [0.2, 0.25) is 0 Å². The van der Waals surface area contributed by atoms with E-state index in [1.165, 1.54) is 38.3 Å². The van der Waals surface area contributed by atoms with Crippen molar-refractivity contribution in [2.45, 2.75) is 56.2 Å². The fourth-order valence-electron chi connectivity index (χ4n) is 2.94. The summed E-state index contributed by atoms with van der Waals surface area (Å²) in [6.07, 6.45) is 9.12. The summed E-state index contributed by atoms with van der Waals surface area (Å²) in [6.45, 7) is 4.89. The molecule has 14 heavy (non-hydrogen) atoms. The maximum absolute atomic E-state index is 3.97. The summed E-state index contributed by atoms with van der Waals surface area (Å²) in [5.74, 6) is 1.88. The van der Waals surface area contributed by atoms with E-state index in [2.05, 4.69) is 29.8 Å². The highest BCUT2D eigenvalue weighted by atomic mass is 79.9. The monoisotopic (exact) mass is 276 g/mol. The highest BCUT2D eigenvalue weighted by Gasteiger charge is 2.40. The van der Waals surface area contributed by atoms with Crippen molar-refractivity contribution >= 4 is 23.9 Å². The number of halogens is 1. The Bertz CT molecular complexity index is 189. The standard InChI is InChI=1S/C12H22BrP/c1-9-8-14(12(13)10(9)2)11-6-4-3-5-7-11/h9-12H,3-8H2,1-2H3. The number of rotatable bonds is 1. The first-order valence-corrected chi connectivity index (χ1v) is 8.68. The van der Waals surface area contributed by atoms with Crippen LogP contribution in [0.3, 0.4) is 0 Å². The van der Waals surface area contributed by atoms with Crippen molar-refractivity contribution in [3.8, 4) is 0 Å². The van der Waals surface area contributed by atoms with Crippen molar-refractivity contribution in [2.24, 2.45) is 11.8 Å². The summed E-state index contributed by atoms with van der Waals surface area (Å²) in [5, 5.41) is 0. The molecule has 0 aromatic rings. The van der Waals surface area contributed by atoms with Gasteiger partial charge in [0, 0.05) is 4.57 Å². The third-order valence-corrected chi connectivity index (χ3v) is 10.2. The van der Waals surface area contributed by atoms with Crippen LogP contribution >= 0.6 is 23.9 Å². The van der Waals surface area contributed by atoms with Crippen molar-refractivity contribution in [1.82, 2.24) is 0 Å². The molecule has 2 rings (SSSR count). The van der Waals surface area contributed by atoms with E-state index in [4.69, 9.17) is 0 Å². The first-order valence-electron chi connectivity index (χ1n) is 6.10. The van der Waals surface area contributed by atoms with E-state index in [1.54, 1.807) is 0 Å². The Kier molecular flexibility index (Phi) is 3.93. The molecule has 0 N–H and O–H groups in total. The summed E-state index contributed by atoms with van der Waals surface area (Å²) in [5.41, 5.74) is 1.11. The molecule has 0 aromatic heterocycles. The largest absolute Gasteiger partial charge is 0.0887 e. The van der Waals surface area contributed by atoms with E-state index in [0.717, 1.165) is 22.1 Å². The zero-order valence-electron chi connectivity index (χ0n) is 9.38. The minimum absolute atomic E-state index is 0.313. The maximum Gasteiger partial charge on any atom is 0.0376 e. The summed E-state index contributed by atoms with van der Waals surface area (Å²) in [4.78, 5) is 0. The lowest BCUT2D eigenvalue weighted by atomic mass is 10.0. The Hall–Kier alpha value is 0.910. The molecule has 4 atom stereocenters. The second-order valence-electron chi connectivity index (χ2n) is 5.20. The van der Waals surface area contributed by atoms with Gasteiger partial charge in [-0.3, -0.25) is 0 Å². The Labute approximate surface area is 98.1 Å². The predicted octanol–water partition coefficient (Wildman–Crippen LogP) is 4.81. The van der Waals surface area contributed by atoms with Crippen molar-refractivity contribution < 1.29 is 0 Å². The van der Waals surface area contributed by atoms with Crippen LogP contribution < -0.4 is 0 Å². The van der Waals surface area contributed by atoms with Crippen molar-refractivity contribution in [1.29, 1.82) is 0 Å². The zero-order chi connectivity index (χ0) is 10.1. The van der Waals surface area contributed by atoms with E-state index >= 15 is 0 Å². The molecule has 4 unspecified atom stereocenters. The van der Waals surface area contributed by atoms with Crippen LogP contribution in [0, 0.1) is 11.8 Å². The predicted molar refractivity (Wildman–Crippen MR) is 69.7 cm³/mol. The number of alkyl halides is 1. The SMILES string of the molecule is CC1CP(C2CCCCC2)C(Br)C1C. The van der Waals surface area contributed by atoms with Gasteiger partial charge in [0.25, 0.3) is 0 Å². The molecule has 2 fully saturated rings. The minimum Gasteiger partial charge on any atom is -0.0887 e. The maximum atomic E-state index is 3.97. The van der Waals surface area contributed by atoms with Crippen LogP contribution in [0.25, 0.3) is 0 Å². The van der Waals surface area contributed by atoms with E-state index < -0.39 is 0 Å². The van der Waals surface area contributed by atoms with E-state index in [9.17, 15) is 0 Å². The van der Waals surface area contributed by atoms with E-state index in [0.29, 0.717) is 7.92 Å². The molecule has 2 aliphatic rings. The van der Waals surface area contributed by atoms with E-state index in [-0.39, 0.29) is 0 Å². The van der Waals surface area contributed by atoms with Gasteiger partial charge >= 0.3 is 0 Å². The van der Waals surface area contributed by atoms with Gasteiger partial charge < -0.3 is 0 Å². The molecule has 1 aliphatic carbocycles. The molecule has 82 valence electrons. The van der Waals surface area contributed by atoms with Gasteiger partial charge in [-0.1, -0.05) is 57.0 Å². The highest BCUT2D eigenvalue weighted by molar-refractivity contribution is 9.10. The molecule has 1 saturated carbocycles. The van der Waals surface area contributed by atoms with E-state index in [1.807, 2.05) is 0 Å². The molecule has 0 spiro atoms. The molecule has 1 saturated heterocycles. The Morgan fingerprint density at radius 3 is 2.21 bits per heavy atom. The Morgan fingerprint density at radius 1 is 1.07 bits per heavy atom. The Balaban J connectivity index is 1.97. The van der Waals surface area contributed by atoms with Crippen molar-refractivity contribution in [3.63, 3.8) is 0 Å². The van der Waals surface area contributed by atoms with Crippen LogP contribution in [0.2, 0.25) is 0 Å². The molecule has 0 amide bonds. The Morgan fingerprint density at radius 2 is 1.71 bits per heavy atom. The fourth-order valence-corrected chi connectivity index (χ4v) is 8.79. The summed E-state index contributed by atoms with van der Waals surface area (Å²) in [7, 11) is 0.313. The average molecular weight is 277 g/mol. The molecular formula is C12H22BrP. The van der Waals surface area contributed by atoms with Crippen LogP contribution in [-0.2, 0) is 0 Å². The normalized spacial score (nSPS) is 45.6. The molecule has 0 aromatic carbocycles. The average Bonchev–Trinajstić information content (AvgIpc) is 2.47. The number of hydrogen-bond donors (Lipinski definition) is 0. The molecular weight excluding hydrogens is 255 g/mol. The van der Waals surface area contributed by atoms with Crippen LogP contribution in [-0.4, -0.2) is 16.4 Å². The first kappa shape index (κ1) is 11.4. The van der Waals surface area contributed by atoms with Gasteiger partial charge in [-0.25, -0.2) is 0 Å². The molecule has 2 heteroatoms. The smallest absolute Gasteiger partial charge is 0.0376 e.